The van der Waals surface area contributed by atoms with Gasteiger partial charge in [0.1, 0.15) is 6.10 Å². The molecule has 0 aromatic heterocycles. The smallest absolute Gasteiger partial charge is 0.303 e. The Morgan fingerprint density at radius 3 is 2.61 bits per heavy atom. The maximum Gasteiger partial charge on any atom is 0.303 e. The molecule has 1 rings (SSSR count). The zero-order valence-electron chi connectivity index (χ0n) is 14.1. The van der Waals surface area contributed by atoms with Crippen LogP contribution in [0.2, 0.25) is 0 Å². The van der Waals surface area contributed by atoms with Crippen molar-refractivity contribution < 1.29 is 19.8 Å². The number of unbranched alkanes of at least 4 members (excludes halogenated alkanes) is 4. The standard InChI is InChI=1S/C19H28O4/c1-2-3-8-16(20)13-11-15-12-14-18(21)17(15)9-6-4-5-7-10-19(22)23/h16,20H,2-10,12,14H2,1H3,(H,22,23). The van der Waals surface area contributed by atoms with Gasteiger partial charge in [0.25, 0.3) is 0 Å². The van der Waals surface area contributed by atoms with Crippen LogP contribution in [0.1, 0.15) is 77.6 Å². The molecule has 0 spiro atoms. The van der Waals surface area contributed by atoms with E-state index in [9.17, 15) is 14.7 Å². The Labute approximate surface area is 139 Å². The van der Waals surface area contributed by atoms with Crippen molar-refractivity contribution in [3.8, 4) is 11.8 Å². The van der Waals surface area contributed by atoms with Gasteiger partial charge in [-0.1, -0.05) is 44.4 Å². The van der Waals surface area contributed by atoms with Gasteiger partial charge in [0.2, 0.25) is 0 Å². The Balaban J connectivity index is 2.44. The Hall–Kier alpha value is -1.60. The number of carbonyl (C=O) groups excluding carboxylic acids is 1. The van der Waals surface area contributed by atoms with Crippen molar-refractivity contribution in [3.63, 3.8) is 0 Å². The number of aliphatic hydroxyl groups is 1. The lowest BCUT2D eigenvalue weighted by Crippen LogP contribution is -2.02. The number of rotatable bonds is 10. The average Bonchev–Trinajstić information content (AvgIpc) is 2.86. The van der Waals surface area contributed by atoms with Crippen molar-refractivity contribution in [2.24, 2.45) is 0 Å². The number of hydrogen-bond acceptors (Lipinski definition) is 3. The molecule has 0 aliphatic heterocycles. The van der Waals surface area contributed by atoms with E-state index < -0.39 is 12.1 Å². The molecule has 0 radical (unpaired) electrons. The summed E-state index contributed by atoms with van der Waals surface area (Å²) >= 11 is 0. The van der Waals surface area contributed by atoms with Crippen molar-refractivity contribution in [1.82, 2.24) is 0 Å². The minimum absolute atomic E-state index is 0.183. The molecule has 1 aliphatic rings. The van der Waals surface area contributed by atoms with Crippen LogP contribution in [0.15, 0.2) is 11.1 Å². The number of carboxylic acid groups (broad SMARTS) is 1. The van der Waals surface area contributed by atoms with Crippen LogP contribution < -0.4 is 0 Å². The van der Waals surface area contributed by atoms with E-state index in [-0.39, 0.29) is 12.2 Å². The van der Waals surface area contributed by atoms with Crippen LogP contribution >= 0.6 is 0 Å². The highest BCUT2D eigenvalue weighted by Crippen LogP contribution is 2.27. The average molecular weight is 320 g/mol. The summed E-state index contributed by atoms with van der Waals surface area (Å²) in [7, 11) is 0. The van der Waals surface area contributed by atoms with Gasteiger partial charge >= 0.3 is 5.97 Å². The zero-order valence-corrected chi connectivity index (χ0v) is 14.1. The van der Waals surface area contributed by atoms with Crippen LogP contribution in [0.3, 0.4) is 0 Å². The van der Waals surface area contributed by atoms with Gasteiger partial charge in [-0.15, -0.1) is 0 Å². The van der Waals surface area contributed by atoms with Gasteiger partial charge in [-0.3, -0.25) is 9.59 Å². The van der Waals surface area contributed by atoms with Crippen LogP contribution in [0, 0.1) is 11.8 Å². The Morgan fingerprint density at radius 2 is 1.91 bits per heavy atom. The molecule has 128 valence electrons. The summed E-state index contributed by atoms with van der Waals surface area (Å²) in [5.74, 6) is 5.31. The fraction of sp³-hybridized carbons (Fsp3) is 0.684. The van der Waals surface area contributed by atoms with Crippen molar-refractivity contribution in [3.05, 3.63) is 11.1 Å². The number of carbonyl (C=O) groups is 2. The molecule has 0 saturated carbocycles. The summed E-state index contributed by atoms with van der Waals surface area (Å²) < 4.78 is 0. The molecule has 0 aromatic carbocycles. The van der Waals surface area contributed by atoms with Gasteiger partial charge in [0.05, 0.1) is 0 Å². The van der Waals surface area contributed by atoms with Crippen LogP contribution in [0.5, 0.6) is 0 Å². The molecule has 0 heterocycles. The highest BCUT2D eigenvalue weighted by Gasteiger charge is 2.21. The third kappa shape index (κ3) is 7.99. The number of allylic oxidation sites excluding steroid dienone is 2. The molecule has 23 heavy (non-hydrogen) atoms. The highest BCUT2D eigenvalue weighted by molar-refractivity contribution is 5.99. The summed E-state index contributed by atoms with van der Waals surface area (Å²) in [4.78, 5) is 22.4. The summed E-state index contributed by atoms with van der Waals surface area (Å²) in [6.45, 7) is 2.08. The first-order valence-corrected chi connectivity index (χ1v) is 8.71. The molecule has 0 bridgehead atoms. The van der Waals surface area contributed by atoms with Gasteiger partial charge < -0.3 is 10.2 Å². The molecular weight excluding hydrogens is 292 g/mol. The normalized spacial score (nSPS) is 15.5. The van der Waals surface area contributed by atoms with Gasteiger partial charge in [0.15, 0.2) is 5.78 Å². The lowest BCUT2D eigenvalue weighted by atomic mass is 10.0. The zero-order chi connectivity index (χ0) is 17.1. The molecule has 1 atom stereocenters. The number of aliphatic carboxylic acids is 1. The van der Waals surface area contributed by atoms with Crippen LogP contribution in [0.25, 0.3) is 0 Å². The van der Waals surface area contributed by atoms with E-state index in [1.165, 1.54) is 0 Å². The predicted octanol–water partition coefficient (Wildman–Crippen LogP) is 3.63. The minimum Gasteiger partial charge on any atom is -0.481 e. The third-order valence-corrected chi connectivity index (χ3v) is 4.09. The third-order valence-electron chi connectivity index (χ3n) is 4.09. The molecule has 0 aromatic rings. The molecule has 1 unspecified atom stereocenters. The molecule has 0 saturated heterocycles. The maximum atomic E-state index is 11.9. The Kier molecular flexibility index (Phi) is 9.31. The number of carboxylic acids is 1. The van der Waals surface area contributed by atoms with E-state index in [0.717, 1.165) is 49.7 Å². The quantitative estimate of drug-likeness (QED) is 0.476. The van der Waals surface area contributed by atoms with E-state index in [1.807, 2.05) is 0 Å². The highest BCUT2D eigenvalue weighted by atomic mass is 16.4. The van der Waals surface area contributed by atoms with E-state index in [2.05, 4.69) is 18.8 Å². The number of hydrogen-bond donors (Lipinski definition) is 2. The number of aliphatic hydroxyl groups excluding tert-OH is 1. The van der Waals surface area contributed by atoms with Crippen molar-refractivity contribution in [2.75, 3.05) is 0 Å². The fourth-order valence-corrected chi connectivity index (χ4v) is 2.71. The number of Topliss-reactive ketones (excluding diaryl/α,β-unsaturated/α-hetero) is 1. The van der Waals surface area contributed by atoms with Gasteiger partial charge in [0, 0.05) is 24.0 Å². The van der Waals surface area contributed by atoms with Crippen LogP contribution in [-0.4, -0.2) is 28.1 Å². The van der Waals surface area contributed by atoms with Gasteiger partial charge in [-0.2, -0.15) is 0 Å². The molecule has 1 aliphatic carbocycles. The van der Waals surface area contributed by atoms with Crippen LogP contribution in [0.4, 0.5) is 0 Å². The van der Waals surface area contributed by atoms with E-state index in [4.69, 9.17) is 5.11 Å². The van der Waals surface area contributed by atoms with Crippen molar-refractivity contribution in [2.45, 2.75) is 83.7 Å². The molecule has 2 N–H and O–H groups in total. The summed E-state index contributed by atoms with van der Waals surface area (Å²) in [6.07, 6.45) is 7.64. The fourth-order valence-electron chi connectivity index (χ4n) is 2.71. The molecule has 4 nitrogen and oxygen atoms in total. The number of ketones is 1. The van der Waals surface area contributed by atoms with Gasteiger partial charge in [-0.05, 0) is 32.1 Å². The topological polar surface area (TPSA) is 74.6 Å². The van der Waals surface area contributed by atoms with Crippen molar-refractivity contribution in [1.29, 1.82) is 0 Å². The first-order chi connectivity index (χ1) is 11.0. The first kappa shape index (κ1) is 19.4. The lowest BCUT2D eigenvalue weighted by Gasteiger charge is -2.03. The second kappa shape index (κ2) is 11.0. The SMILES string of the molecule is CCCCC(O)C#CC1=C(CCCCCCC(=O)O)C(=O)CC1. The Bertz CT molecular complexity index is 493. The predicted molar refractivity (Wildman–Crippen MR) is 89.9 cm³/mol. The maximum absolute atomic E-state index is 11.9. The minimum atomic E-state index is -0.752. The Morgan fingerprint density at radius 1 is 1.17 bits per heavy atom. The van der Waals surface area contributed by atoms with Gasteiger partial charge in [-0.25, -0.2) is 0 Å². The largest absolute Gasteiger partial charge is 0.481 e. The molecule has 0 amide bonds. The van der Waals surface area contributed by atoms with E-state index >= 15 is 0 Å². The second-order valence-corrected chi connectivity index (χ2v) is 6.12. The molecular formula is C19H28O4. The van der Waals surface area contributed by atoms with E-state index in [0.29, 0.717) is 25.7 Å². The summed E-state index contributed by atoms with van der Waals surface area (Å²) in [5.41, 5.74) is 1.73. The van der Waals surface area contributed by atoms with E-state index in [1.54, 1.807) is 0 Å². The van der Waals surface area contributed by atoms with Crippen molar-refractivity contribution >= 4 is 11.8 Å². The summed E-state index contributed by atoms with van der Waals surface area (Å²) in [5, 5.41) is 18.4. The molecule has 4 heteroatoms. The second-order valence-electron chi connectivity index (χ2n) is 6.12. The first-order valence-electron chi connectivity index (χ1n) is 8.71. The molecule has 0 fully saturated rings. The van der Waals surface area contributed by atoms with Crippen LogP contribution in [-0.2, 0) is 9.59 Å². The monoisotopic (exact) mass is 320 g/mol. The lowest BCUT2D eigenvalue weighted by molar-refractivity contribution is -0.137. The summed E-state index contributed by atoms with van der Waals surface area (Å²) in [6, 6.07) is 0.